The van der Waals surface area contributed by atoms with Gasteiger partial charge in [-0.05, 0) is 42.6 Å². The first-order valence-corrected chi connectivity index (χ1v) is 6.66. The lowest BCUT2D eigenvalue weighted by molar-refractivity contribution is -0.179. The van der Waals surface area contributed by atoms with Crippen LogP contribution in [-0.4, -0.2) is 16.9 Å². The first kappa shape index (κ1) is 12.0. The predicted octanol–water partition coefficient (Wildman–Crippen LogP) is 2.56. The van der Waals surface area contributed by atoms with Crippen molar-refractivity contribution in [3.05, 3.63) is 23.8 Å². The summed E-state index contributed by atoms with van der Waals surface area (Å²) in [4.78, 5) is 11.7. The Morgan fingerprint density at radius 2 is 2.22 bits per heavy atom. The highest BCUT2D eigenvalue weighted by molar-refractivity contribution is 5.91. The summed E-state index contributed by atoms with van der Waals surface area (Å²) in [6.45, 7) is 8.67. The highest BCUT2D eigenvalue weighted by atomic mass is 16.7. The van der Waals surface area contributed by atoms with Crippen LogP contribution in [0, 0.1) is 17.3 Å². The Morgan fingerprint density at radius 1 is 1.50 bits per heavy atom. The van der Waals surface area contributed by atoms with Gasteiger partial charge < -0.3 is 9.84 Å². The number of hydrogen-bond donors (Lipinski definition) is 1. The molecule has 3 nitrogen and oxygen atoms in total. The van der Waals surface area contributed by atoms with Crippen LogP contribution in [0.2, 0.25) is 0 Å². The number of rotatable bonds is 0. The van der Waals surface area contributed by atoms with E-state index in [0.717, 1.165) is 18.4 Å². The van der Waals surface area contributed by atoms with Gasteiger partial charge in [0.1, 0.15) is 0 Å². The van der Waals surface area contributed by atoms with Gasteiger partial charge in [-0.15, -0.1) is 0 Å². The van der Waals surface area contributed by atoms with Crippen LogP contribution < -0.4 is 0 Å². The molecule has 1 N–H and O–H groups in total. The number of carbonyl (C=O) groups excluding carboxylic acids is 1. The van der Waals surface area contributed by atoms with E-state index in [1.165, 1.54) is 0 Å². The molecule has 1 saturated carbocycles. The molecule has 2 aliphatic carbocycles. The van der Waals surface area contributed by atoms with Gasteiger partial charge >= 0.3 is 5.97 Å². The molecule has 0 aromatic heterocycles. The molecule has 3 aliphatic rings. The second-order valence-electron chi connectivity index (χ2n) is 6.68. The van der Waals surface area contributed by atoms with E-state index in [9.17, 15) is 9.90 Å². The second-order valence-corrected chi connectivity index (χ2v) is 6.68. The molecule has 0 unspecified atom stereocenters. The lowest BCUT2D eigenvalue weighted by Crippen LogP contribution is -2.45. The fourth-order valence-electron chi connectivity index (χ4n) is 3.88. The molecule has 0 spiro atoms. The molecule has 0 aromatic carbocycles. The molecule has 1 fully saturated rings. The molecule has 0 amide bonds. The van der Waals surface area contributed by atoms with Crippen LogP contribution in [0.4, 0.5) is 0 Å². The van der Waals surface area contributed by atoms with Gasteiger partial charge in [0, 0.05) is 12.0 Å². The van der Waals surface area contributed by atoms with Crippen molar-refractivity contribution in [3.63, 3.8) is 0 Å². The zero-order valence-electron chi connectivity index (χ0n) is 11.0. The van der Waals surface area contributed by atoms with Crippen LogP contribution in [0.3, 0.4) is 0 Å². The third-order valence-electron chi connectivity index (χ3n) is 4.90. The van der Waals surface area contributed by atoms with Crippen LogP contribution >= 0.6 is 0 Å². The van der Waals surface area contributed by atoms with Gasteiger partial charge in [0.05, 0.1) is 0 Å². The average molecular weight is 248 g/mol. The van der Waals surface area contributed by atoms with Crippen LogP contribution in [0.25, 0.3) is 0 Å². The molecule has 3 rings (SSSR count). The summed E-state index contributed by atoms with van der Waals surface area (Å²) in [6.07, 6.45) is 4.75. The molecule has 0 aromatic rings. The van der Waals surface area contributed by atoms with Gasteiger partial charge in [-0.2, -0.15) is 0 Å². The quantitative estimate of drug-likeness (QED) is 0.529. The van der Waals surface area contributed by atoms with Crippen molar-refractivity contribution in [3.8, 4) is 0 Å². The monoisotopic (exact) mass is 248 g/mol. The van der Waals surface area contributed by atoms with E-state index in [1.807, 2.05) is 0 Å². The minimum absolute atomic E-state index is 0.324. The van der Waals surface area contributed by atoms with E-state index in [1.54, 1.807) is 6.08 Å². The predicted molar refractivity (Wildman–Crippen MR) is 67.5 cm³/mol. The summed E-state index contributed by atoms with van der Waals surface area (Å²) in [5, 5.41) is 10.3. The van der Waals surface area contributed by atoms with Gasteiger partial charge in [0.15, 0.2) is 0 Å². The van der Waals surface area contributed by atoms with Gasteiger partial charge in [-0.3, -0.25) is 0 Å². The summed E-state index contributed by atoms with van der Waals surface area (Å²) in [5.74, 6) is -0.753. The standard InChI is InChI=1S/C15H20O3/c1-9-6-15(17)7-10(13(16)18-15)4-5-12-11(9)8-14(12,2)3/h7,11-12,17H,1,4-6,8H2,2-3H3/t11-,12+,15-/m0/s1. The zero-order valence-corrected chi connectivity index (χ0v) is 11.0. The first-order chi connectivity index (χ1) is 8.31. The number of fused-ring (bicyclic) bond motifs is 2. The summed E-state index contributed by atoms with van der Waals surface area (Å²) in [5.41, 5.74) is 1.98. The summed E-state index contributed by atoms with van der Waals surface area (Å²) >= 11 is 0. The molecule has 0 saturated heterocycles. The molecule has 98 valence electrons. The topological polar surface area (TPSA) is 46.5 Å². The van der Waals surface area contributed by atoms with Crippen molar-refractivity contribution in [2.24, 2.45) is 17.3 Å². The lowest BCUT2D eigenvalue weighted by atomic mass is 9.52. The van der Waals surface area contributed by atoms with Gasteiger partial charge in [-0.25, -0.2) is 4.79 Å². The van der Waals surface area contributed by atoms with E-state index in [-0.39, 0.29) is 5.97 Å². The van der Waals surface area contributed by atoms with Crippen LogP contribution in [0.5, 0.6) is 0 Å². The fourth-order valence-corrected chi connectivity index (χ4v) is 3.88. The second kappa shape index (κ2) is 3.47. The van der Waals surface area contributed by atoms with Crippen molar-refractivity contribution in [2.45, 2.75) is 45.3 Å². The molecule has 18 heavy (non-hydrogen) atoms. The first-order valence-electron chi connectivity index (χ1n) is 6.66. The van der Waals surface area contributed by atoms with E-state index in [4.69, 9.17) is 4.74 Å². The highest BCUT2D eigenvalue weighted by Gasteiger charge is 2.51. The van der Waals surface area contributed by atoms with E-state index in [2.05, 4.69) is 20.4 Å². The smallest absolute Gasteiger partial charge is 0.336 e. The number of ether oxygens (including phenoxy) is 1. The maximum Gasteiger partial charge on any atom is 0.336 e. The Labute approximate surface area is 108 Å². The maximum absolute atomic E-state index is 11.7. The van der Waals surface area contributed by atoms with Gasteiger partial charge in [0.25, 0.3) is 0 Å². The Bertz CT molecular complexity index is 460. The van der Waals surface area contributed by atoms with Crippen molar-refractivity contribution in [1.29, 1.82) is 0 Å². The molecule has 1 heterocycles. The van der Waals surface area contributed by atoms with Crippen LogP contribution in [-0.2, 0) is 9.53 Å². The summed E-state index contributed by atoms with van der Waals surface area (Å²) in [6, 6.07) is 0. The lowest BCUT2D eigenvalue weighted by Gasteiger charge is -2.53. The minimum Gasteiger partial charge on any atom is -0.426 e. The number of carbonyl (C=O) groups is 1. The normalized spacial score (nSPS) is 41.8. The molecule has 2 bridgehead atoms. The highest BCUT2D eigenvalue weighted by Crippen LogP contribution is 2.57. The van der Waals surface area contributed by atoms with E-state index >= 15 is 0 Å². The molecular weight excluding hydrogens is 228 g/mol. The van der Waals surface area contributed by atoms with Crippen LogP contribution in [0.1, 0.15) is 39.5 Å². The Balaban J connectivity index is 1.90. The largest absolute Gasteiger partial charge is 0.426 e. The Kier molecular flexibility index (Phi) is 2.31. The number of esters is 1. The van der Waals surface area contributed by atoms with Crippen LogP contribution in [0.15, 0.2) is 23.8 Å². The van der Waals surface area contributed by atoms with Gasteiger partial charge in [-0.1, -0.05) is 26.0 Å². The third kappa shape index (κ3) is 1.64. The molecule has 0 radical (unpaired) electrons. The van der Waals surface area contributed by atoms with Crippen molar-refractivity contribution in [2.75, 3.05) is 0 Å². The Morgan fingerprint density at radius 3 is 2.89 bits per heavy atom. The molecule has 1 aliphatic heterocycles. The molecule has 3 atom stereocenters. The van der Waals surface area contributed by atoms with E-state index < -0.39 is 5.79 Å². The van der Waals surface area contributed by atoms with Crippen molar-refractivity contribution < 1.29 is 14.6 Å². The fraction of sp³-hybridized carbons (Fsp3) is 0.667. The van der Waals surface area contributed by atoms with E-state index in [0.29, 0.717) is 35.7 Å². The van der Waals surface area contributed by atoms with Crippen molar-refractivity contribution in [1.82, 2.24) is 0 Å². The molecule has 3 heteroatoms. The maximum atomic E-state index is 11.7. The summed E-state index contributed by atoms with van der Waals surface area (Å²) in [7, 11) is 0. The zero-order chi connectivity index (χ0) is 13.1. The minimum atomic E-state index is -1.43. The number of hydrogen-bond acceptors (Lipinski definition) is 3. The Hall–Kier alpha value is -1.09. The SMILES string of the molecule is C=C1C[C@@]2(O)C=C(CC[C@@H]3[C@H]1CC3(C)C)C(=O)O2. The van der Waals surface area contributed by atoms with Crippen molar-refractivity contribution >= 4 is 5.97 Å². The number of aliphatic hydroxyl groups is 1. The third-order valence-corrected chi connectivity index (χ3v) is 4.90. The molecular formula is C15H20O3. The summed E-state index contributed by atoms with van der Waals surface area (Å²) < 4.78 is 5.08. The van der Waals surface area contributed by atoms with Gasteiger partial charge in [0.2, 0.25) is 5.79 Å². The average Bonchev–Trinajstić information content (AvgIpc) is 2.51.